The van der Waals surface area contributed by atoms with E-state index in [0.717, 1.165) is 24.3 Å². The molecule has 0 aromatic rings. The summed E-state index contributed by atoms with van der Waals surface area (Å²) >= 11 is 0. The minimum atomic E-state index is -0.697. The molecule has 0 saturated heterocycles. The van der Waals surface area contributed by atoms with Crippen LogP contribution in [-0.4, -0.2) is 24.2 Å². The molecule has 0 amide bonds. The SMILES string of the molecule is O=C(O)CCNCCC12CC3CC(CC(C3)C1)C2. The molecule has 0 aromatic heterocycles. The fourth-order valence-electron chi connectivity index (χ4n) is 5.27. The highest BCUT2D eigenvalue weighted by molar-refractivity contribution is 5.66. The number of aliphatic carboxylic acids is 1. The van der Waals surface area contributed by atoms with E-state index in [1.54, 1.807) is 0 Å². The standard InChI is InChI=1S/C15H25NO2/c17-14(18)1-3-16-4-2-15-8-11-5-12(9-15)7-13(6-11)10-15/h11-13,16H,1-10H2,(H,17,18). The molecule has 4 fully saturated rings. The van der Waals surface area contributed by atoms with Gasteiger partial charge in [0.1, 0.15) is 0 Å². The topological polar surface area (TPSA) is 49.3 Å². The summed E-state index contributed by atoms with van der Waals surface area (Å²) in [6, 6.07) is 0. The van der Waals surface area contributed by atoms with Crippen molar-refractivity contribution in [2.45, 2.75) is 51.4 Å². The normalized spacial score (nSPS) is 41.2. The Hall–Kier alpha value is -0.570. The lowest BCUT2D eigenvalue weighted by atomic mass is 9.49. The van der Waals surface area contributed by atoms with E-state index in [-0.39, 0.29) is 6.42 Å². The molecular formula is C15H25NO2. The van der Waals surface area contributed by atoms with Crippen molar-refractivity contribution in [1.82, 2.24) is 5.32 Å². The van der Waals surface area contributed by atoms with Crippen LogP contribution in [0.4, 0.5) is 0 Å². The van der Waals surface area contributed by atoms with Crippen molar-refractivity contribution in [2.24, 2.45) is 23.2 Å². The van der Waals surface area contributed by atoms with Crippen molar-refractivity contribution in [1.29, 1.82) is 0 Å². The first-order valence-corrected chi connectivity index (χ1v) is 7.58. The van der Waals surface area contributed by atoms with Gasteiger partial charge in [-0.05, 0) is 74.7 Å². The molecule has 0 atom stereocenters. The first-order valence-electron chi connectivity index (χ1n) is 7.58. The molecule has 4 aliphatic rings. The third-order valence-corrected chi connectivity index (χ3v) is 5.51. The minimum absolute atomic E-state index is 0.251. The third kappa shape index (κ3) is 2.56. The fraction of sp³-hybridized carbons (Fsp3) is 0.933. The summed E-state index contributed by atoms with van der Waals surface area (Å²) in [5, 5.41) is 11.9. The molecule has 102 valence electrons. The lowest BCUT2D eigenvalue weighted by Gasteiger charge is -2.57. The van der Waals surface area contributed by atoms with Gasteiger partial charge in [-0.3, -0.25) is 4.79 Å². The highest BCUT2D eigenvalue weighted by Gasteiger charge is 2.50. The van der Waals surface area contributed by atoms with Gasteiger partial charge < -0.3 is 10.4 Å². The highest BCUT2D eigenvalue weighted by Crippen LogP contribution is 2.61. The monoisotopic (exact) mass is 251 g/mol. The van der Waals surface area contributed by atoms with Crippen molar-refractivity contribution >= 4 is 5.97 Å². The van der Waals surface area contributed by atoms with E-state index in [2.05, 4.69) is 5.32 Å². The Bertz CT molecular complexity index is 291. The molecule has 3 nitrogen and oxygen atoms in total. The number of hydrogen-bond acceptors (Lipinski definition) is 2. The summed E-state index contributed by atoms with van der Waals surface area (Å²) in [6.07, 6.45) is 10.4. The smallest absolute Gasteiger partial charge is 0.304 e. The van der Waals surface area contributed by atoms with Crippen LogP contribution in [0, 0.1) is 23.2 Å². The van der Waals surface area contributed by atoms with Gasteiger partial charge in [-0.25, -0.2) is 0 Å². The van der Waals surface area contributed by atoms with Crippen LogP contribution in [0.3, 0.4) is 0 Å². The lowest BCUT2D eigenvalue weighted by Crippen LogP contribution is -2.47. The van der Waals surface area contributed by atoms with E-state index in [9.17, 15) is 4.79 Å². The molecule has 4 saturated carbocycles. The Morgan fingerprint density at radius 3 is 2.11 bits per heavy atom. The molecular weight excluding hydrogens is 226 g/mol. The van der Waals surface area contributed by atoms with Crippen molar-refractivity contribution in [3.8, 4) is 0 Å². The second-order valence-corrected chi connectivity index (χ2v) is 7.06. The second-order valence-electron chi connectivity index (χ2n) is 7.06. The predicted molar refractivity (Wildman–Crippen MR) is 70.3 cm³/mol. The lowest BCUT2D eigenvalue weighted by molar-refractivity contribution is -0.136. The molecule has 4 aliphatic carbocycles. The zero-order chi connectivity index (χ0) is 12.6. The molecule has 0 aromatic carbocycles. The van der Waals surface area contributed by atoms with Crippen molar-refractivity contribution in [2.75, 3.05) is 13.1 Å². The van der Waals surface area contributed by atoms with Crippen LogP contribution in [0.25, 0.3) is 0 Å². The van der Waals surface area contributed by atoms with Crippen LogP contribution in [0.5, 0.6) is 0 Å². The van der Waals surface area contributed by atoms with E-state index >= 15 is 0 Å². The van der Waals surface area contributed by atoms with Gasteiger partial charge >= 0.3 is 5.97 Å². The molecule has 3 heteroatoms. The summed E-state index contributed by atoms with van der Waals surface area (Å²) in [4.78, 5) is 10.4. The van der Waals surface area contributed by atoms with Gasteiger partial charge in [-0.1, -0.05) is 0 Å². The van der Waals surface area contributed by atoms with E-state index in [1.807, 2.05) is 0 Å². The number of carboxylic acid groups (broad SMARTS) is 1. The fourth-order valence-corrected chi connectivity index (χ4v) is 5.27. The average molecular weight is 251 g/mol. The maximum atomic E-state index is 10.4. The van der Waals surface area contributed by atoms with Gasteiger partial charge in [0, 0.05) is 6.54 Å². The zero-order valence-corrected chi connectivity index (χ0v) is 11.2. The van der Waals surface area contributed by atoms with Gasteiger partial charge in [0.15, 0.2) is 0 Å². The molecule has 0 radical (unpaired) electrons. The maximum absolute atomic E-state index is 10.4. The Labute approximate surface area is 109 Å². The summed E-state index contributed by atoms with van der Waals surface area (Å²) in [5.74, 6) is 2.37. The second kappa shape index (κ2) is 4.84. The highest BCUT2D eigenvalue weighted by atomic mass is 16.4. The number of hydrogen-bond donors (Lipinski definition) is 2. The average Bonchev–Trinajstić information content (AvgIpc) is 2.25. The molecule has 0 spiro atoms. The predicted octanol–water partition coefficient (Wildman–Crippen LogP) is 2.66. The van der Waals surface area contributed by atoms with Crippen LogP contribution in [0.2, 0.25) is 0 Å². The Morgan fingerprint density at radius 2 is 1.61 bits per heavy atom. The quantitative estimate of drug-likeness (QED) is 0.714. The van der Waals surface area contributed by atoms with E-state index in [4.69, 9.17) is 5.11 Å². The van der Waals surface area contributed by atoms with Crippen LogP contribution < -0.4 is 5.32 Å². The summed E-state index contributed by atoms with van der Waals surface area (Å²) < 4.78 is 0. The van der Waals surface area contributed by atoms with Crippen molar-refractivity contribution in [3.63, 3.8) is 0 Å². The summed E-state index contributed by atoms with van der Waals surface area (Å²) in [5.41, 5.74) is 0.630. The maximum Gasteiger partial charge on any atom is 0.304 e. The molecule has 0 heterocycles. The molecule has 18 heavy (non-hydrogen) atoms. The van der Waals surface area contributed by atoms with Gasteiger partial charge in [0.05, 0.1) is 6.42 Å². The Morgan fingerprint density at radius 1 is 1.06 bits per heavy atom. The number of rotatable bonds is 6. The van der Waals surface area contributed by atoms with Gasteiger partial charge in [0.25, 0.3) is 0 Å². The molecule has 4 rings (SSSR count). The van der Waals surface area contributed by atoms with Crippen molar-refractivity contribution in [3.05, 3.63) is 0 Å². The first kappa shape index (κ1) is 12.5. The van der Waals surface area contributed by atoms with E-state index in [1.165, 1.54) is 44.9 Å². The summed E-state index contributed by atoms with van der Waals surface area (Å²) in [6.45, 7) is 1.64. The molecule has 4 bridgehead atoms. The van der Waals surface area contributed by atoms with Gasteiger partial charge in [0.2, 0.25) is 0 Å². The Kier molecular flexibility index (Phi) is 3.35. The Balaban J connectivity index is 1.46. The van der Waals surface area contributed by atoms with Gasteiger partial charge in [-0.15, -0.1) is 0 Å². The summed E-state index contributed by atoms with van der Waals surface area (Å²) in [7, 11) is 0. The largest absolute Gasteiger partial charge is 0.481 e. The van der Waals surface area contributed by atoms with Gasteiger partial charge in [-0.2, -0.15) is 0 Å². The minimum Gasteiger partial charge on any atom is -0.481 e. The van der Waals surface area contributed by atoms with Crippen LogP contribution >= 0.6 is 0 Å². The number of carboxylic acids is 1. The van der Waals surface area contributed by atoms with Crippen LogP contribution in [0.1, 0.15) is 51.4 Å². The molecule has 2 N–H and O–H groups in total. The third-order valence-electron chi connectivity index (χ3n) is 5.51. The number of carbonyl (C=O) groups is 1. The van der Waals surface area contributed by atoms with E-state index in [0.29, 0.717) is 12.0 Å². The van der Waals surface area contributed by atoms with Crippen molar-refractivity contribution < 1.29 is 9.90 Å². The number of nitrogens with one attached hydrogen (secondary N) is 1. The molecule has 0 aliphatic heterocycles. The first-order chi connectivity index (χ1) is 8.65. The van der Waals surface area contributed by atoms with Crippen LogP contribution in [0.15, 0.2) is 0 Å². The van der Waals surface area contributed by atoms with Crippen LogP contribution in [-0.2, 0) is 4.79 Å². The molecule has 0 unspecified atom stereocenters. The zero-order valence-electron chi connectivity index (χ0n) is 11.2. The van der Waals surface area contributed by atoms with E-state index < -0.39 is 5.97 Å².